The second kappa shape index (κ2) is 5.51. The molecule has 0 radical (unpaired) electrons. The Morgan fingerprint density at radius 1 is 1.52 bits per heavy atom. The number of aldehydes is 1. The highest BCUT2D eigenvalue weighted by atomic mass is 35.5. The van der Waals surface area contributed by atoms with E-state index >= 15 is 0 Å². The standard InChI is InChI=1S/C14H13ClN4O3S/c1-9-6-18(3-4-23(9,21)22)14-10(7-20)5-11(15)12-13(16-2)17-8-19(12)14/h5,7-9H,3-4,6H2,1H3. The first kappa shape index (κ1) is 15.8. The van der Waals surface area contributed by atoms with Crippen molar-refractivity contribution in [3.05, 3.63) is 34.4 Å². The van der Waals surface area contributed by atoms with Gasteiger partial charge in [-0.2, -0.15) is 0 Å². The van der Waals surface area contributed by atoms with Crippen LogP contribution < -0.4 is 4.90 Å². The zero-order valence-corrected chi connectivity index (χ0v) is 13.8. The van der Waals surface area contributed by atoms with Gasteiger partial charge in [0.25, 0.3) is 5.82 Å². The van der Waals surface area contributed by atoms with Crippen molar-refractivity contribution in [1.29, 1.82) is 0 Å². The lowest BCUT2D eigenvalue weighted by Gasteiger charge is -2.33. The molecular weight excluding hydrogens is 340 g/mol. The Labute approximate surface area is 138 Å². The number of hydrogen-bond donors (Lipinski definition) is 0. The third-order valence-electron chi connectivity index (χ3n) is 4.01. The van der Waals surface area contributed by atoms with E-state index < -0.39 is 15.1 Å². The fourth-order valence-corrected chi connectivity index (χ4v) is 4.36. The molecule has 3 heterocycles. The molecule has 1 atom stereocenters. The molecule has 0 N–H and O–H groups in total. The molecule has 120 valence electrons. The van der Waals surface area contributed by atoms with Gasteiger partial charge in [-0.05, 0) is 13.0 Å². The molecule has 3 rings (SSSR count). The number of aromatic nitrogens is 2. The van der Waals surface area contributed by atoms with Crippen molar-refractivity contribution in [2.75, 3.05) is 23.7 Å². The number of imidazole rings is 1. The maximum absolute atomic E-state index is 11.9. The van der Waals surface area contributed by atoms with E-state index in [-0.39, 0.29) is 29.7 Å². The summed E-state index contributed by atoms with van der Waals surface area (Å²) >= 11 is 6.17. The SMILES string of the molecule is [C-]#[N+]c1ncn2c(N3CCS(=O)(=O)C(C)C3)c(C=O)cc(Cl)c12. The highest BCUT2D eigenvalue weighted by molar-refractivity contribution is 7.92. The summed E-state index contributed by atoms with van der Waals surface area (Å²) in [6, 6.07) is 1.49. The lowest BCUT2D eigenvalue weighted by Crippen LogP contribution is -2.46. The van der Waals surface area contributed by atoms with Crippen LogP contribution in [0.25, 0.3) is 10.4 Å². The first-order chi connectivity index (χ1) is 10.9. The van der Waals surface area contributed by atoms with Gasteiger partial charge < -0.3 is 9.74 Å². The maximum Gasteiger partial charge on any atom is 0.296 e. The van der Waals surface area contributed by atoms with Gasteiger partial charge in [0.2, 0.25) is 0 Å². The maximum atomic E-state index is 11.9. The molecule has 1 aliphatic rings. The molecule has 0 aromatic carbocycles. The van der Waals surface area contributed by atoms with E-state index in [1.807, 2.05) is 4.90 Å². The average Bonchev–Trinajstić information content (AvgIpc) is 2.94. The molecule has 9 heteroatoms. The largest absolute Gasteiger partial charge is 0.359 e. The number of sulfone groups is 1. The normalized spacial score (nSPS) is 20.4. The van der Waals surface area contributed by atoms with Crippen LogP contribution in [0.2, 0.25) is 5.02 Å². The van der Waals surface area contributed by atoms with Gasteiger partial charge in [0.05, 0.1) is 27.1 Å². The fourth-order valence-electron chi connectivity index (χ4n) is 2.78. The lowest BCUT2D eigenvalue weighted by molar-refractivity contribution is 0.112. The number of halogens is 1. The van der Waals surface area contributed by atoms with E-state index in [4.69, 9.17) is 18.2 Å². The van der Waals surface area contributed by atoms with E-state index in [0.29, 0.717) is 23.2 Å². The zero-order chi connectivity index (χ0) is 16.8. The van der Waals surface area contributed by atoms with Crippen molar-refractivity contribution in [1.82, 2.24) is 9.38 Å². The van der Waals surface area contributed by atoms with Crippen LogP contribution in [0.15, 0.2) is 12.4 Å². The highest BCUT2D eigenvalue weighted by Crippen LogP contribution is 2.34. The molecule has 7 nitrogen and oxygen atoms in total. The van der Waals surface area contributed by atoms with Gasteiger partial charge in [0, 0.05) is 13.1 Å². The molecule has 0 bridgehead atoms. The zero-order valence-electron chi connectivity index (χ0n) is 12.2. The summed E-state index contributed by atoms with van der Waals surface area (Å²) in [6.45, 7) is 9.35. The average molecular weight is 353 g/mol. The number of carbonyl (C=O) groups is 1. The molecule has 2 aromatic heterocycles. The molecule has 1 unspecified atom stereocenters. The minimum atomic E-state index is -3.11. The number of rotatable bonds is 2. The third kappa shape index (κ3) is 2.46. The third-order valence-corrected chi connectivity index (χ3v) is 6.43. The molecule has 0 aliphatic carbocycles. The van der Waals surface area contributed by atoms with Gasteiger partial charge in [-0.15, -0.1) is 4.98 Å². The summed E-state index contributed by atoms with van der Waals surface area (Å²) in [7, 11) is -3.11. The molecule has 0 amide bonds. The minimum Gasteiger partial charge on any atom is -0.359 e. The van der Waals surface area contributed by atoms with Crippen molar-refractivity contribution in [2.24, 2.45) is 0 Å². The Balaban J connectivity index is 2.21. The van der Waals surface area contributed by atoms with Crippen LogP contribution in [0.1, 0.15) is 17.3 Å². The van der Waals surface area contributed by atoms with Crippen LogP contribution in [0.3, 0.4) is 0 Å². The summed E-state index contributed by atoms with van der Waals surface area (Å²) in [5.74, 6) is 0.677. The number of nitrogens with zero attached hydrogens (tertiary/aromatic N) is 4. The molecule has 1 saturated heterocycles. The van der Waals surface area contributed by atoms with Crippen LogP contribution in [-0.2, 0) is 9.84 Å². The van der Waals surface area contributed by atoms with Crippen molar-refractivity contribution in [3.63, 3.8) is 0 Å². The Hall–Kier alpha value is -2.11. The van der Waals surface area contributed by atoms with Crippen molar-refractivity contribution >= 4 is 44.9 Å². The van der Waals surface area contributed by atoms with Gasteiger partial charge in [-0.3, -0.25) is 9.20 Å². The highest BCUT2D eigenvalue weighted by Gasteiger charge is 2.32. The first-order valence-electron chi connectivity index (χ1n) is 6.87. The lowest BCUT2D eigenvalue weighted by atomic mass is 10.2. The smallest absolute Gasteiger partial charge is 0.296 e. The van der Waals surface area contributed by atoms with Crippen LogP contribution in [-0.4, -0.2) is 48.2 Å². The van der Waals surface area contributed by atoms with E-state index in [0.717, 1.165) is 0 Å². The first-order valence-corrected chi connectivity index (χ1v) is 8.97. The summed E-state index contributed by atoms with van der Waals surface area (Å²) < 4.78 is 25.4. The van der Waals surface area contributed by atoms with Crippen molar-refractivity contribution < 1.29 is 13.2 Å². The van der Waals surface area contributed by atoms with Crippen LogP contribution in [0, 0.1) is 6.57 Å². The molecule has 23 heavy (non-hydrogen) atoms. The quantitative estimate of drug-likeness (QED) is 0.610. The predicted octanol–water partition coefficient (Wildman–Crippen LogP) is 1.97. The summed E-state index contributed by atoms with van der Waals surface area (Å²) in [5.41, 5.74) is 0.756. The van der Waals surface area contributed by atoms with Gasteiger partial charge in [0.15, 0.2) is 22.5 Å². The molecule has 0 saturated carbocycles. The van der Waals surface area contributed by atoms with Crippen molar-refractivity contribution in [2.45, 2.75) is 12.2 Å². The second-order valence-electron chi connectivity index (χ2n) is 5.41. The van der Waals surface area contributed by atoms with Gasteiger partial charge in [-0.25, -0.2) is 8.42 Å². The summed E-state index contributed by atoms with van der Waals surface area (Å²) in [6.07, 6.45) is 2.11. The number of carbonyl (C=O) groups excluding carboxylic acids is 1. The Morgan fingerprint density at radius 3 is 2.87 bits per heavy atom. The molecular formula is C14H13ClN4O3S. The predicted molar refractivity (Wildman–Crippen MR) is 87.3 cm³/mol. The number of pyridine rings is 1. The summed E-state index contributed by atoms with van der Waals surface area (Å²) in [5, 5.41) is -0.276. The number of hydrogen-bond acceptors (Lipinski definition) is 5. The van der Waals surface area contributed by atoms with Crippen LogP contribution in [0.4, 0.5) is 11.6 Å². The minimum absolute atomic E-state index is 0.0148. The van der Waals surface area contributed by atoms with Gasteiger partial charge in [0.1, 0.15) is 5.82 Å². The van der Waals surface area contributed by atoms with Gasteiger partial charge >= 0.3 is 0 Å². The monoisotopic (exact) mass is 352 g/mol. The fraction of sp³-hybridized carbons (Fsp3) is 0.357. The molecule has 1 aliphatic heterocycles. The second-order valence-corrected chi connectivity index (χ2v) is 8.36. The van der Waals surface area contributed by atoms with Gasteiger partial charge in [-0.1, -0.05) is 18.2 Å². The number of fused-ring (bicyclic) bond motifs is 1. The van der Waals surface area contributed by atoms with E-state index in [1.165, 1.54) is 12.4 Å². The van der Waals surface area contributed by atoms with Crippen LogP contribution in [0.5, 0.6) is 0 Å². The van der Waals surface area contributed by atoms with Crippen molar-refractivity contribution in [3.8, 4) is 0 Å². The number of anilines is 1. The van der Waals surface area contributed by atoms with E-state index in [1.54, 1.807) is 11.3 Å². The van der Waals surface area contributed by atoms with Crippen LogP contribution >= 0.6 is 11.6 Å². The molecule has 0 spiro atoms. The topological polar surface area (TPSA) is 76.1 Å². The Morgan fingerprint density at radius 2 is 2.26 bits per heavy atom. The molecule has 1 fully saturated rings. The molecule has 2 aromatic rings. The Kier molecular flexibility index (Phi) is 3.78. The van der Waals surface area contributed by atoms with E-state index in [2.05, 4.69) is 9.83 Å². The van der Waals surface area contributed by atoms with E-state index in [9.17, 15) is 13.2 Å². The summed E-state index contributed by atoms with van der Waals surface area (Å²) in [4.78, 5) is 20.6. The Bertz CT molecular complexity index is 945.